The molecule has 2 heterocycles. The highest BCUT2D eigenvalue weighted by molar-refractivity contribution is 8.03. The van der Waals surface area contributed by atoms with Gasteiger partial charge in [0.2, 0.25) is 5.91 Å². The van der Waals surface area contributed by atoms with Crippen LogP contribution < -0.4 is 4.74 Å². The number of carbonyl (C=O) groups excluding carboxylic acids is 1. The van der Waals surface area contributed by atoms with Crippen LogP contribution in [0.1, 0.15) is 23.5 Å². The number of nitrogens with zero attached hydrogens (tertiary/aromatic N) is 2. The van der Waals surface area contributed by atoms with Gasteiger partial charge >= 0.3 is 0 Å². The van der Waals surface area contributed by atoms with E-state index in [-0.39, 0.29) is 18.2 Å². The van der Waals surface area contributed by atoms with Crippen molar-refractivity contribution in [2.75, 3.05) is 12.9 Å². The van der Waals surface area contributed by atoms with E-state index in [9.17, 15) is 15.2 Å². The van der Waals surface area contributed by atoms with Gasteiger partial charge in [0, 0.05) is 23.5 Å². The highest BCUT2D eigenvalue weighted by Gasteiger charge is 2.52. The molecular weight excluding hydrogens is 360 g/mol. The van der Waals surface area contributed by atoms with Gasteiger partial charge in [0.1, 0.15) is 5.75 Å². The molecule has 1 N–H and O–H groups in total. The molecule has 5 nitrogen and oxygen atoms in total. The minimum absolute atomic E-state index is 0.114. The van der Waals surface area contributed by atoms with Crippen molar-refractivity contribution in [1.82, 2.24) is 4.90 Å². The lowest BCUT2D eigenvalue weighted by molar-refractivity contribution is -0.149. The van der Waals surface area contributed by atoms with Crippen molar-refractivity contribution in [3.8, 4) is 11.8 Å². The van der Waals surface area contributed by atoms with E-state index in [1.807, 2.05) is 42.5 Å². The SMILES string of the molecule is COc1ccccc1C1CC(=O)N2C(=C1C#N)SCC2(O)c1ccccc1. The number of hydrogen-bond acceptors (Lipinski definition) is 5. The maximum Gasteiger partial charge on any atom is 0.231 e. The minimum Gasteiger partial charge on any atom is -0.496 e. The van der Waals surface area contributed by atoms with E-state index in [0.717, 1.165) is 5.56 Å². The van der Waals surface area contributed by atoms with Gasteiger partial charge in [-0.25, -0.2) is 0 Å². The summed E-state index contributed by atoms with van der Waals surface area (Å²) in [6.45, 7) is 0. The Balaban J connectivity index is 1.84. The summed E-state index contributed by atoms with van der Waals surface area (Å²) in [5.41, 5.74) is 0.518. The second-order valence-electron chi connectivity index (χ2n) is 6.53. The summed E-state index contributed by atoms with van der Waals surface area (Å²) in [4.78, 5) is 14.5. The second-order valence-corrected chi connectivity index (χ2v) is 7.49. The van der Waals surface area contributed by atoms with E-state index in [4.69, 9.17) is 4.74 Å². The van der Waals surface area contributed by atoms with Crippen LogP contribution in [0.4, 0.5) is 0 Å². The lowest BCUT2D eigenvalue weighted by atomic mass is 9.85. The number of benzene rings is 2. The van der Waals surface area contributed by atoms with Crippen LogP contribution in [0.3, 0.4) is 0 Å². The molecule has 2 aliphatic rings. The van der Waals surface area contributed by atoms with E-state index < -0.39 is 5.72 Å². The van der Waals surface area contributed by atoms with Gasteiger partial charge in [0.25, 0.3) is 0 Å². The van der Waals surface area contributed by atoms with Crippen LogP contribution in [-0.2, 0) is 10.5 Å². The number of carbonyl (C=O) groups is 1. The smallest absolute Gasteiger partial charge is 0.231 e. The summed E-state index contributed by atoms with van der Waals surface area (Å²) in [7, 11) is 1.58. The molecule has 27 heavy (non-hydrogen) atoms. The zero-order chi connectivity index (χ0) is 19.0. The zero-order valence-corrected chi connectivity index (χ0v) is 15.6. The van der Waals surface area contributed by atoms with Crippen molar-refractivity contribution >= 4 is 17.7 Å². The van der Waals surface area contributed by atoms with E-state index in [1.165, 1.54) is 16.7 Å². The number of para-hydroxylation sites is 1. The van der Waals surface area contributed by atoms with Crippen molar-refractivity contribution < 1.29 is 14.6 Å². The van der Waals surface area contributed by atoms with E-state index in [2.05, 4.69) is 6.07 Å². The molecule has 0 spiro atoms. The molecule has 4 rings (SSSR count). The number of thioether (sulfide) groups is 1. The summed E-state index contributed by atoms with van der Waals surface area (Å²) in [6.07, 6.45) is 0.114. The number of ether oxygens (including phenoxy) is 1. The molecule has 2 aliphatic heterocycles. The summed E-state index contributed by atoms with van der Waals surface area (Å²) in [5, 5.41) is 21.7. The van der Waals surface area contributed by atoms with Crippen LogP contribution in [-0.4, -0.2) is 28.8 Å². The van der Waals surface area contributed by atoms with Gasteiger partial charge in [-0.2, -0.15) is 5.26 Å². The summed E-state index contributed by atoms with van der Waals surface area (Å²) < 4.78 is 5.44. The van der Waals surface area contributed by atoms with Crippen LogP contribution >= 0.6 is 11.8 Å². The fourth-order valence-electron chi connectivity index (χ4n) is 3.76. The minimum atomic E-state index is -1.44. The molecule has 2 aromatic rings. The van der Waals surface area contributed by atoms with Crippen molar-refractivity contribution in [3.05, 3.63) is 76.3 Å². The van der Waals surface area contributed by atoms with Gasteiger partial charge in [-0.3, -0.25) is 9.69 Å². The Morgan fingerprint density at radius 1 is 1.22 bits per heavy atom. The molecule has 0 saturated carbocycles. The van der Waals surface area contributed by atoms with Crippen LogP contribution in [0.15, 0.2) is 65.2 Å². The van der Waals surface area contributed by atoms with E-state index >= 15 is 0 Å². The van der Waals surface area contributed by atoms with Gasteiger partial charge in [-0.15, -0.1) is 11.8 Å². The number of rotatable bonds is 3. The molecule has 2 aromatic carbocycles. The molecule has 136 valence electrons. The maximum atomic E-state index is 13.1. The number of aliphatic hydroxyl groups is 1. The van der Waals surface area contributed by atoms with Crippen molar-refractivity contribution in [1.29, 1.82) is 5.26 Å². The first-order valence-corrected chi connectivity index (χ1v) is 9.59. The maximum absolute atomic E-state index is 13.1. The Labute approximate surface area is 161 Å². The third-order valence-electron chi connectivity index (χ3n) is 5.06. The third-order valence-corrected chi connectivity index (χ3v) is 6.28. The normalized spacial score (nSPS) is 24.6. The number of methoxy groups -OCH3 is 1. The quantitative estimate of drug-likeness (QED) is 0.887. The van der Waals surface area contributed by atoms with Crippen molar-refractivity contribution in [2.45, 2.75) is 18.1 Å². The molecule has 2 atom stereocenters. The van der Waals surface area contributed by atoms with E-state index in [0.29, 0.717) is 27.7 Å². The van der Waals surface area contributed by atoms with Crippen LogP contribution in [0.25, 0.3) is 0 Å². The number of hydrogen-bond donors (Lipinski definition) is 1. The molecule has 0 aromatic heterocycles. The van der Waals surface area contributed by atoms with Gasteiger partial charge in [-0.1, -0.05) is 48.5 Å². The molecule has 0 radical (unpaired) electrons. The largest absolute Gasteiger partial charge is 0.496 e. The van der Waals surface area contributed by atoms with Crippen LogP contribution in [0, 0.1) is 11.3 Å². The lowest BCUT2D eigenvalue weighted by Crippen LogP contribution is -2.48. The average molecular weight is 378 g/mol. The molecule has 2 unspecified atom stereocenters. The zero-order valence-electron chi connectivity index (χ0n) is 14.8. The number of amides is 1. The van der Waals surface area contributed by atoms with Crippen LogP contribution in [0.2, 0.25) is 0 Å². The highest BCUT2D eigenvalue weighted by Crippen LogP contribution is 2.52. The van der Waals surface area contributed by atoms with Gasteiger partial charge in [-0.05, 0) is 6.07 Å². The topological polar surface area (TPSA) is 73.6 Å². The first kappa shape index (κ1) is 17.7. The molecule has 1 amide bonds. The third kappa shape index (κ3) is 2.71. The first-order valence-electron chi connectivity index (χ1n) is 8.61. The number of allylic oxidation sites excluding steroid dienone is 1. The Hall–Kier alpha value is -2.75. The monoisotopic (exact) mass is 378 g/mol. The Morgan fingerprint density at radius 2 is 1.93 bits per heavy atom. The standard InChI is InChI=1S/C21H18N2O3S/c1-26-18-10-6-5-9-15(18)16-11-19(24)23-20(17(16)12-22)27-13-21(23,25)14-7-3-2-4-8-14/h2-10,16,25H,11,13H2,1H3. The van der Waals surface area contributed by atoms with Gasteiger partial charge in [0.05, 0.1) is 29.5 Å². The van der Waals surface area contributed by atoms with Crippen molar-refractivity contribution in [3.63, 3.8) is 0 Å². The van der Waals surface area contributed by atoms with Gasteiger partial charge < -0.3 is 9.84 Å². The van der Waals surface area contributed by atoms with E-state index in [1.54, 1.807) is 19.2 Å². The molecular formula is C21H18N2O3S. The Bertz CT molecular complexity index is 967. The summed E-state index contributed by atoms with van der Waals surface area (Å²) >= 11 is 1.35. The molecule has 0 bridgehead atoms. The summed E-state index contributed by atoms with van der Waals surface area (Å²) in [6, 6.07) is 18.8. The highest BCUT2D eigenvalue weighted by atomic mass is 32.2. The number of nitriles is 1. The van der Waals surface area contributed by atoms with Crippen LogP contribution in [0.5, 0.6) is 5.75 Å². The molecule has 1 saturated heterocycles. The molecule has 6 heteroatoms. The Morgan fingerprint density at radius 3 is 2.63 bits per heavy atom. The van der Waals surface area contributed by atoms with Crippen molar-refractivity contribution in [2.24, 2.45) is 0 Å². The Kier molecular flexibility index (Phi) is 4.42. The lowest BCUT2D eigenvalue weighted by Gasteiger charge is -2.38. The fraction of sp³-hybridized carbons (Fsp3) is 0.238. The summed E-state index contributed by atoms with van der Waals surface area (Å²) in [5.74, 6) is 0.368. The number of fused-ring (bicyclic) bond motifs is 1. The van der Waals surface area contributed by atoms with Gasteiger partial charge in [0.15, 0.2) is 5.72 Å². The first-order chi connectivity index (χ1) is 13.1. The predicted molar refractivity (Wildman–Crippen MR) is 103 cm³/mol. The predicted octanol–water partition coefficient (Wildman–Crippen LogP) is 3.34. The second kappa shape index (κ2) is 6.76. The molecule has 0 aliphatic carbocycles. The average Bonchev–Trinajstić information content (AvgIpc) is 3.08. The fourth-order valence-corrected chi connectivity index (χ4v) is 5.12. The molecule has 1 fully saturated rings.